The molecule has 0 amide bonds. The van der Waals surface area contributed by atoms with Crippen LogP contribution in [0.4, 0.5) is 22.0 Å². The van der Waals surface area contributed by atoms with Crippen LogP contribution in [0.25, 0.3) is 0 Å². The van der Waals surface area contributed by atoms with Crippen LogP contribution in [0.2, 0.25) is 0 Å². The van der Waals surface area contributed by atoms with Crippen LogP contribution in [0.15, 0.2) is 36.4 Å². The van der Waals surface area contributed by atoms with Gasteiger partial charge in [-0.2, -0.15) is 13.2 Å². The number of aryl methyl sites for hydroxylation is 1. The fourth-order valence-corrected chi connectivity index (χ4v) is 4.88. The Kier molecular flexibility index (Phi) is 17.5. The summed E-state index contributed by atoms with van der Waals surface area (Å²) in [6.45, 7) is 16.1. The Labute approximate surface area is 261 Å². The third kappa shape index (κ3) is 13.8. The lowest BCUT2D eigenvalue weighted by Gasteiger charge is -2.39. The standard InChI is InChI=1S/C19H27F2NO.C12H14F3N.C2H5N.C2H6/c1-5-14-15(17(23)6-2)10-13(11-16(14)19(4,20)21)12-22-18(3)8-7-9-18;1-8-4-3-5-10(6-8)11(9(2)16)7-12(13,14)15;1-2-3;1-2/h10-11,22H,5-9,12H2,1-4H3;3-6,11,16H,7H2,1-2H3;2-3H,1H3;1-2H3/t;11-;;/m.1../s1. The number of carbonyl (C=O) groups excluding carboxylic acids is 1. The maximum atomic E-state index is 14.0. The van der Waals surface area contributed by atoms with Gasteiger partial charge >= 0.3 is 6.18 Å². The van der Waals surface area contributed by atoms with E-state index in [9.17, 15) is 26.7 Å². The number of hydrogen-bond acceptors (Lipinski definition) is 4. The number of carbonyl (C=O) groups is 1. The molecular formula is C35H52F5N3O. The predicted molar refractivity (Wildman–Crippen MR) is 173 cm³/mol. The summed E-state index contributed by atoms with van der Waals surface area (Å²) >= 11 is 0. The van der Waals surface area contributed by atoms with Gasteiger partial charge in [0.2, 0.25) is 0 Å². The molecular weight excluding hydrogens is 573 g/mol. The highest BCUT2D eigenvalue weighted by molar-refractivity contribution is 5.98. The average molecular weight is 626 g/mol. The van der Waals surface area contributed by atoms with Crippen molar-refractivity contribution in [1.82, 2.24) is 5.32 Å². The lowest BCUT2D eigenvalue weighted by Crippen LogP contribution is -2.47. The van der Waals surface area contributed by atoms with Crippen LogP contribution >= 0.6 is 0 Å². The molecule has 0 aromatic heterocycles. The molecule has 0 bridgehead atoms. The molecule has 0 unspecified atom stereocenters. The Morgan fingerprint density at radius 1 is 1.09 bits per heavy atom. The molecule has 1 saturated carbocycles. The van der Waals surface area contributed by atoms with E-state index in [0.29, 0.717) is 36.1 Å². The molecule has 0 aliphatic heterocycles. The fraction of sp³-hybridized carbons (Fsp3) is 0.571. The second kappa shape index (κ2) is 18.8. The summed E-state index contributed by atoms with van der Waals surface area (Å²) in [6, 6.07) is 10.3. The van der Waals surface area contributed by atoms with Crippen LogP contribution in [0.1, 0.15) is 132 Å². The van der Waals surface area contributed by atoms with Crippen molar-refractivity contribution >= 4 is 17.7 Å². The highest BCUT2D eigenvalue weighted by Gasteiger charge is 2.34. The summed E-state index contributed by atoms with van der Waals surface area (Å²) in [6.07, 6.45) is 0.232. The van der Waals surface area contributed by atoms with Crippen LogP contribution in [0.3, 0.4) is 0 Å². The molecule has 248 valence electrons. The van der Waals surface area contributed by atoms with Crippen LogP contribution < -0.4 is 5.32 Å². The van der Waals surface area contributed by atoms with Crippen LogP contribution in [0.5, 0.6) is 0 Å². The molecule has 0 saturated heterocycles. The van der Waals surface area contributed by atoms with Gasteiger partial charge in [-0.1, -0.05) is 57.5 Å². The van der Waals surface area contributed by atoms with Crippen molar-refractivity contribution < 1.29 is 26.7 Å². The van der Waals surface area contributed by atoms with Crippen molar-refractivity contribution in [2.24, 2.45) is 0 Å². The Bertz CT molecular complexity index is 1200. The lowest BCUT2D eigenvalue weighted by atomic mass is 9.78. The Hall–Kier alpha value is -2.94. The second-order valence-electron chi connectivity index (χ2n) is 11.2. The predicted octanol–water partition coefficient (Wildman–Crippen LogP) is 10.7. The summed E-state index contributed by atoms with van der Waals surface area (Å²) in [5.74, 6) is -3.87. The summed E-state index contributed by atoms with van der Waals surface area (Å²) in [5, 5.41) is 17.0. The highest BCUT2D eigenvalue weighted by Crippen LogP contribution is 2.35. The minimum atomic E-state index is -4.24. The molecule has 1 fully saturated rings. The maximum Gasteiger partial charge on any atom is 0.390 e. The molecule has 1 aliphatic rings. The van der Waals surface area contributed by atoms with E-state index in [-0.39, 0.29) is 22.6 Å². The van der Waals surface area contributed by atoms with Crippen molar-refractivity contribution in [2.45, 2.75) is 131 Å². The lowest BCUT2D eigenvalue weighted by molar-refractivity contribution is -0.135. The van der Waals surface area contributed by atoms with E-state index in [1.165, 1.54) is 19.6 Å². The van der Waals surface area contributed by atoms with Gasteiger partial charge in [-0.15, -0.1) is 0 Å². The zero-order valence-electron chi connectivity index (χ0n) is 27.9. The number of benzene rings is 2. The van der Waals surface area contributed by atoms with E-state index in [1.807, 2.05) is 33.8 Å². The summed E-state index contributed by atoms with van der Waals surface area (Å²) in [5.41, 5.74) is 3.33. The second-order valence-corrected chi connectivity index (χ2v) is 11.2. The maximum absolute atomic E-state index is 14.0. The number of Topliss-reactive ketones (excluding diaryl/α,β-unsaturated/α-hetero) is 1. The molecule has 0 heterocycles. The van der Waals surface area contributed by atoms with Crippen molar-refractivity contribution in [3.05, 3.63) is 69.8 Å². The van der Waals surface area contributed by atoms with Crippen molar-refractivity contribution in [3.63, 3.8) is 0 Å². The first-order valence-corrected chi connectivity index (χ1v) is 15.4. The van der Waals surface area contributed by atoms with E-state index in [1.54, 1.807) is 44.2 Å². The molecule has 4 nitrogen and oxygen atoms in total. The Morgan fingerprint density at radius 3 is 2.05 bits per heavy atom. The number of rotatable bonds is 10. The molecule has 0 radical (unpaired) electrons. The van der Waals surface area contributed by atoms with E-state index < -0.39 is 24.4 Å². The first-order valence-electron chi connectivity index (χ1n) is 15.4. The normalized spacial score (nSPS) is 14.2. The SMILES string of the molecule is CC.CC(=N)[C@@H](CC(F)(F)F)c1cccc(C)c1.CC=N.CCC(=O)c1cc(CNC2(C)CCC2)cc(C(C)(F)F)c1CC. The van der Waals surface area contributed by atoms with Gasteiger partial charge in [0, 0.05) is 48.2 Å². The van der Waals surface area contributed by atoms with E-state index in [0.717, 1.165) is 30.9 Å². The van der Waals surface area contributed by atoms with Gasteiger partial charge in [0.1, 0.15) is 0 Å². The van der Waals surface area contributed by atoms with Gasteiger partial charge in [0.25, 0.3) is 5.92 Å². The molecule has 3 rings (SSSR count). The molecule has 2 aromatic rings. The minimum absolute atomic E-state index is 0.00476. The monoisotopic (exact) mass is 625 g/mol. The number of hydrogen-bond donors (Lipinski definition) is 3. The minimum Gasteiger partial charge on any atom is -0.313 e. The Balaban J connectivity index is 0.000000768. The molecule has 2 aromatic carbocycles. The van der Waals surface area contributed by atoms with Gasteiger partial charge in [-0.25, -0.2) is 8.78 Å². The third-order valence-electron chi connectivity index (χ3n) is 7.34. The first kappa shape index (κ1) is 41.1. The first-order chi connectivity index (χ1) is 20.4. The van der Waals surface area contributed by atoms with Gasteiger partial charge in [-0.05, 0) is 88.4 Å². The third-order valence-corrected chi connectivity index (χ3v) is 7.34. The Morgan fingerprint density at radius 2 is 1.66 bits per heavy atom. The average Bonchev–Trinajstić information content (AvgIpc) is 2.93. The van der Waals surface area contributed by atoms with Gasteiger partial charge in [-0.3, -0.25) is 4.79 Å². The highest BCUT2D eigenvalue weighted by atomic mass is 19.4. The van der Waals surface area contributed by atoms with E-state index in [4.69, 9.17) is 10.8 Å². The summed E-state index contributed by atoms with van der Waals surface area (Å²) < 4.78 is 65.2. The van der Waals surface area contributed by atoms with E-state index >= 15 is 0 Å². The largest absolute Gasteiger partial charge is 0.390 e. The molecule has 1 aliphatic carbocycles. The molecule has 9 heteroatoms. The van der Waals surface area contributed by atoms with Gasteiger partial charge in [0.05, 0.1) is 6.42 Å². The zero-order valence-corrected chi connectivity index (χ0v) is 27.9. The topological polar surface area (TPSA) is 76.8 Å². The smallest absolute Gasteiger partial charge is 0.313 e. The molecule has 0 spiro atoms. The number of nitrogens with one attached hydrogen (secondary N) is 3. The van der Waals surface area contributed by atoms with Gasteiger partial charge < -0.3 is 16.1 Å². The number of alkyl halides is 5. The van der Waals surface area contributed by atoms with Crippen molar-refractivity contribution in [2.75, 3.05) is 0 Å². The van der Waals surface area contributed by atoms with Crippen molar-refractivity contribution in [3.8, 4) is 0 Å². The van der Waals surface area contributed by atoms with Crippen LogP contribution in [-0.2, 0) is 18.9 Å². The molecule has 3 N–H and O–H groups in total. The van der Waals surface area contributed by atoms with Gasteiger partial charge in [0.15, 0.2) is 5.78 Å². The van der Waals surface area contributed by atoms with Crippen LogP contribution in [-0.4, -0.2) is 29.4 Å². The quantitative estimate of drug-likeness (QED) is 0.140. The molecule has 1 atom stereocenters. The van der Waals surface area contributed by atoms with Crippen LogP contribution in [0, 0.1) is 17.7 Å². The fourth-order valence-electron chi connectivity index (χ4n) is 4.88. The zero-order chi connectivity index (χ0) is 34.3. The van der Waals surface area contributed by atoms with E-state index in [2.05, 4.69) is 12.2 Å². The number of halogens is 5. The van der Waals surface area contributed by atoms with Crippen molar-refractivity contribution in [1.29, 1.82) is 10.8 Å². The number of ketones is 1. The summed E-state index contributed by atoms with van der Waals surface area (Å²) in [7, 11) is 0. The molecule has 44 heavy (non-hydrogen) atoms. The summed E-state index contributed by atoms with van der Waals surface area (Å²) in [4.78, 5) is 12.2.